The number of pyridine rings is 1. The largest absolute Gasteiger partial charge is 0.484 e. The molecule has 0 aliphatic carbocycles. The van der Waals surface area contributed by atoms with Crippen LogP contribution in [0.5, 0.6) is 5.06 Å². The second-order valence-corrected chi connectivity index (χ2v) is 5.28. The van der Waals surface area contributed by atoms with E-state index in [1.54, 1.807) is 11.3 Å². The molecule has 0 saturated carbocycles. The highest BCUT2D eigenvalue weighted by Gasteiger charge is 2.10. The average molecular weight is 260 g/mol. The monoisotopic (exact) mass is 260 g/mol. The molecule has 18 heavy (non-hydrogen) atoms. The lowest BCUT2D eigenvalue weighted by molar-refractivity contribution is 0.330. The fourth-order valence-electron chi connectivity index (χ4n) is 2.11. The van der Waals surface area contributed by atoms with E-state index >= 15 is 0 Å². The number of rotatable bonds is 4. The maximum atomic E-state index is 5.65. The van der Waals surface area contributed by atoms with E-state index < -0.39 is 0 Å². The van der Waals surface area contributed by atoms with Crippen molar-refractivity contribution in [2.24, 2.45) is 0 Å². The van der Waals surface area contributed by atoms with Crippen LogP contribution in [0.2, 0.25) is 0 Å². The SMILES string of the molecule is c1csc(OCCc2ccc3c(n2)NCCC3)c1. The fraction of sp³-hybridized carbons (Fsp3) is 0.357. The minimum absolute atomic E-state index is 0.687. The van der Waals surface area contributed by atoms with Gasteiger partial charge in [0.2, 0.25) is 0 Å². The van der Waals surface area contributed by atoms with Gasteiger partial charge in [-0.05, 0) is 42.0 Å². The van der Waals surface area contributed by atoms with Gasteiger partial charge in [-0.3, -0.25) is 0 Å². The number of aromatic nitrogens is 1. The van der Waals surface area contributed by atoms with E-state index in [0.29, 0.717) is 6.61 Å². The first-order valence-electron chi connectivity index (χ1n) is 6.31. The number of anilines is 1. The van der Waals surface area contributed by atoms with E-state index in [0.717, 1.165) is 36.0 Å². The van der Waals surface area contributed by atoms with Crippen molar-refractivity contribution in [3.63, 3.8) is 0 Å². The zero-order chi connectivity index (χ0) is 12.2. The van der Waals surface area contributed by atoms with Crippen LogP contribution in [0.25, 0.3) is 0 Å². The summed E-state index contributed by atoms with van der Waals surface area (Å²) in [5.74, 6) is 1.06. The molecule has 0 saturated heterocycles. The Balaban J connectivity index is 1.59. The van der Waals surface area contributed by atoms with Gasteiger partial charge in [0, 0.05) is 18.7 Å². The fourth-order valence-corrected chi connectivity index (χ4v) is 2.71. The Morgan fingerprint density at radius 1 is 1.33 bits per heavy atom. The second-order valence-electron chi connectivity index (χ2n) is 4.37. The minimum Gasteiger partial charge on any atom is -0.484 e. The molecule has 0 unspecified atom stereocenters. The van der Waals surface area contributed by atoms with Crippen LogP contribution in [-0.2, 0) is 12.8 Å². The molecule has 2 aromatic rings. The lowest BCUT2D eigenvalue weighted by Crippen LogP contribution is -2.14. The average Bonchev–Trinajstić information content (AvgIpc) is 2.92. The Hall–Kier alpha value is -1.55. The van der Waals surface area contributed by atoms with E-state index in [4.69, 9.17) is 4.74 Å². The third-order valence-corrected chi connectivity index (χ3v) is 3.83. The summed E-state index contributed by atoms with van der Waals surface area (Å²) in [5.41, 5.74) is 2.43. The minimum atomic E-state index is 0.687. The molecule has 0 aromatic carbocycles. The summed E-state index contributed by atoms with van der Waals surface area (Å²) < 4.78 is 5.65. The smallest absolute Gasteiger partial charge is 0.173 e. The van der Waals surface area contributed by atoms with Gasteiger partial charge in [0.1, 0.15) is 5.82 Å². The molecule has 1 N–H and O–H groups in total. The van der Waals surface area contributed by atoms with Crippen molar-refractivity contribution in [2.45, 2.75) is 19.3 Å². The molecule has 1 aliphatic heterocycles. The molecule has 3 heterocycles. The van der Waals surface area contributed by atoms with Crippen LogP contribution < -0.4 is 10.1 Å². The zero-order valence-electron chi connectivity index (χ0n) is 10.2. The van der Waals surface area contributed by atoms with Crippen molar-refractivity contribution in [1.29, 1.82) is 0 Å². The van der Waals surface area contributed by atoms with Gasteiger partial charge in [0.05, 0.1) is 6.61 Å². The standard InChI is InChI=1S/C14H16N2OS/c1-3-11-5-6-12(16-14(11)15-8-1)7-9-17-13-4-2-10-18-13/h2,4-6,10H,1,3,7-9H2,(H,15,16). The van der Waals surface area contributed by atoms with Crippen LogP contribution in [0.1, 0.15) is 17.7 Å². The summed E-state index contributed by atoms with van der Waals surface area (Å²) >= 11 is 1.63. The van der Waals surface area contributed by atoms with Gasteiger partial charge in [-0.2, -0.15) is 0 Å². The number of ether oxygens (including phenoxy) is 1. The Morgan fingerprint density at radius 2 is 2.33 bits per heavy atom. The first-order valence-corrected chi connectivity index (χ1v) is 7.19. The Morgan fingerprint density at radius 3 is 3.22 bits per heavy atom. The number of thiophene rings is 1. The zero-order valence-corrected chi connectivity index (χ0v) is 11.0. The topological polar surface area (TPSA) is 34.1 Å². The molecule has 4 heteroatoms. The van der Waals surface area contributed by atoms with Crippen molar-refractivity contribution in [3.8, 4) is 5.06 Å². The maximum Gasteiger partial charge on any atom is 0.173 e. The predicted molar refractivity (Wildman–Crippen MR) is 74.6 cm³/mol. The number of aryl methyl sites for hydroxylation is 1. The lowest BCUT2D eigenvalue weighted by Gasteiger charge is -2.17. The molecule has 0 atom stereocenters. The summed E-state index contributed by atoms with van der Waals surface area (Å²) in [6.07, 6.45) is 3.20. The van der Waals surface area contributed by atoms with E-state index in [9.17, 15) is 0 Å². The molecule has 0 amide bonds. The highest BCUT2D eigenvalue weighted by molar-refractivity contribution is 7.11. The summed E-state index contributed by atoms with van der Waals surface area (Å²) in [7, 11) is 0. The molecule has 0 spiro atoms. The van der Waals surface area contributed by atoms with E-state index in [1.165, 1.54) is 12.0 Å². The van der Waals surface area contributed by atoms with Crippen LogP contribution in [0.4, 0.5) is 5.82 Å². The number of nitrogens with one attached hydrogen (secondary N) is 1. The van der Waals surface area contributed by atoms with E-state index in [2.05, 4.69) is 22.4 Å². The lowest BCUT2D eigenvalue weighted by atomic mass is 10.1. The van der Waals surface area contributed by atoms with Crippen LogP contribution >= 0.6 is 11.3 Å². The first kappa shape index (κ1) is 11.5. The van der Waals surface area contributed by atoms with Crippen molar-refractivity contribution >= 4 is 17.2 Å². The number of hydrogen-bond acceptors (Lipinski definition) is 4. The van der Waals surface area contributed by atoms with Gasteiger partial charge < -0.3 is 10.1 Å². The maximum absolute atomic E-state index is 5.65. The van der Waals surface area contributed by atoms with Crippen molar-refractivity contribution < 1.29 is 4.74 Å². The highest BCUT2D eigenvalue weighted by atomic mass is 32.1. The normalized spacial score (nSPS) is 13.8. The molecule has 0 radical (unpaired) electrons. The predicted octanol–water partition coefficient (Wildman–Crippen LogP) is 3.12. The molecule has 1 aliphatic rings. The van der Waals surface area contributed by atoms with Crippen molar-refractivity contribution in [2.75, 3.05) is 18.5 Å². The second kappa shape index (κ2) is 5.40. The van der Waals surface area contributed by atoms with E-state index in [1.807, 2.05) is 17.5 Å². The molecule has 0 fully saturated rings. The molecule has 2 aromatic heterocycles. The van der Waals surface area contributed by atoms with Gasteiger partial charge in [0.15, 0.2) is 5.06 Å². The Labute approximate surface area is 111 Å². The van der Waals surface area contributed by atoms with Crippen LogP contribution in [0.15, 0.2) is 29.6 Å². The number of fused-ring (bicyclic) bond motifs is 1. The molecule has 94 valence electrons. The van der Waals surface area contributed by atoms with Gasteiger partial charge in [-0.1, -0.05) is 6.07 Å². The van der Waals surface area contributed by atoms with Gasteiger partial charge in [0.25, 0.3) is 0 Å². The first-order chi connectivity index (χ1) is 8.92. The molecular formula is C14H16N2OS. The number of hydrogen-bond donors (Lipinski definition) is 1. The Kier molecular flexibility index (Phi) is 3.46. The third kappa shape index (κ3) is 2.64. The van der Waals surface area contributed by atoms with Crippen molar-refractivity contribution in [1.82, 2.24) is 4.98 Å². The highest BCUT2D eigenvalue weighted by Crippen LogP contribution is 2.21. The van der Waals surface area contributed by atoms with Gasteiger partial charge >= 0.3 is 0 Å². The van der Waals surface area contributed by atoms with Gasteiger partial charge in [-0.25, -0.2) is 4.98 Å². The summed E-state index contributed by atoms with van der Waals surface area (Å²) in [5, 5.41) is 6.36. The molecular weight excluding hydrogens is 244 g/mol. The van der Waals surface area contributed by atoms with Gasteiger partial charge in [-0.15, -0.1) is 11.3 Å². The molecule has 3 rings (SSSR count). The van der Waals surface area contributed by atoms with Crippen LogP contribution in [-0.4, -0.2) is 18.1 Å². The van der Waals surface area contributed by atoms with Crippen LogP contribution in [0.3, 0.4) is 0 Å². The number of nitrogens with zero attached hydrogens (tertiary/aromatic N) is 1. The summed E-state index contributed by atoms with van der Waals surface area (Å²) in [6.45, 7) is 1.72. The quantitative estimate of drug-likeness (QED) is 0.917. The summed E-state index contributed by atoms with van der Waals surface area (Å²) in [4.78, 5) is 4.64. The van der Waals surface area contributed by atoms with Crippen LogP contribution in [0, 0.1) is 0 Å². The molecule has 3 nitrogen and oxygen atoms in total. The summed E-state index contributed by atoms with van der Waals surface area (Å²) in [6, 6.07) is 8.30. The molecule has 0 bridgehead atoms. The van der Waals surface area contributed by atoms with Crippen molar-refractivity contribution in [3.05, 3.63) is 40.9 Å². The van der Waals surface area contributed by atoms with E-state index in [-0.39, 0.29) is 0 Å². The Bertz CT molecular complexity index is 511. The third-order valence-electron chi connectivity index (χ3n) is 3.05.